The van der Waals surface area contributed by atoms with Gasteiger partial charge in [0.05, 0.1) is 0 Å². The first-order valence-corrected chi connectivity index (χ1v) is 0. The summed E-state index contributed by atoms with van der Waals surface area (Å²) in [5.41, 5.74) is 0. The van der Waals surface area contributed by atoms with Gasteiger partial charge in [0.2, 0.25) is 0 Å². The molecule has 9 heteroatoms. The van der Waals surface area contributed by atoms with Crippen LogP contribution in [0.4, 0.5) is 0 Å². The van der Waals surface area contributed by atoms with Gasteiger partial charge in [0.25, 0.3) is 0 Å². The third-order valence-corrected chi connectivity index (χ3v) is 0. The summed E-state index contributed by atoms with van der Waals surface area (Å²) in [5, 5.41) is 0. The van der Waals surface area contributed by atoms with Crippen LogP contribution in [0.5, 0.6) is 0 Å². The molecule has 0 rings (SSSR count). The van der Waals surface area contributed by atoms with Gasteiger partial charge in [-0.3, -0.25) is 0 Å². The molecule has 9 heavy (non-hydrogen) atoms. The summed E-state index contributed by atoms with van der Waals surface area (Å²) in [6.45, 7) is 0. The molecule has 0 atom stereocenters. The fourth-order valence-corrected chi connectivity index (χ4v) is 0. The Hall–Kier alpha value is 5.33. The minimum atomic E-state index is 0. The third kappa shape index (κ3) is 60.2. The van der Waals surface area contributed by atoms with E-state index in [4.69, 9.17) is 0 Å². The third-order valence-electron chi connectivity index (χ3n) is 0. The number of hydrogen-bond donors (Lipinski definition) is 0. The second-order valence-corrected chi connectivity index (χ2v) is 0. The fraction of sp³-hybridized carbons (Fsp3) is 0. The minimum Gasteiger partial charge on any atom is -1.00 e. The Bertz CT molecular complexity index is 14.9. The zero-order valence-electron chi connectivity index (χ0n) is 4.67. The molecular weight excluding hydrogens is 464 g/mol. The largest absolute Gasteiger partial charge is 1.00 e. The second-order valence-electron chi connectivity index (χ2n) is 0. The van der Waals surface area contributed by atoms with Crippen molar-refractivity contribution in [2.45, 2.75) is 0 Å². The molecule has 0 saturated carbocycles. The fourth-order valence-electron chi connectivity index (χ4n) is 0. The maximum atomic E-state index is 0. The molecule has 0 aliphatic heterocycles. The molecule has 0 saturated heterocycles. The average Bonchev–Trinajstić information content (AvgIpc) is 0. The Labute approximate surface area is 185 Å². The van der Waals surface area contributed by atoms with E-state index in [0.29, 0.717) is 0 Å². The topological polar surface area (TPSA) is 30.0 Å². The van der Waals surface area contributed by atoms with Gasteiger partial charge in [0, 0.05) is 20.1 Å². The Morgan fingerprint density at radius 1 is 0.444 bits per heavy atom. The maximum Gasteiger partial charge on any atom is 1.00 e. The van der Waals surface area contributed by atoms with Gasteiger partial charge < -0.3 is 67.5 Å². The van der Waals surface area contributed by atoms with Crippen molar-refractivity contribution in [3.05, 3.63) is 0 Å². The van der Waals surface area contributed by atoms with E-state index in [2.05, 4.69) is 0 Å². The van der Waals surface area contributed by atoms with Gasteiger partial charge in [0.15, 0.2) is 0 Å². The van der Waals surface area contributed by atoms with Crippen molar-refractivity contribution in [1.82, 2.24) is 0 Å². The van der Waals surface area contributed by atoms with Crippen LogP contribution in [0.1, 0.15) is 0 Å². The van der Waals surface area contributed by atoms with E-state index < -0.39 is 0 Å². The van der Waals surface area contributed by atoms with Crippen LogP contribution in [-0.4, -0.2) is 5.48 Å². The van der Waals surface area contributed by atoms with Gasteiger partial charge in [-0.1, -0.05) is 0 Å². The number of hydrogen-bond acceptors (Lipinski definition) is 1. The predicted octanol–water partition coefficient (Wildman–Crippen LogP) is -21.2. The van der Waals surface area contributed by atoms with Crippen LogP contribution in [0.15, 0.2) is 0 Å². The van der Waals surface area contributed by atoms with Gasteiger partial charge in [-0.05, 0) is 0 Å². The van der Waals surface area contributed by atoms with Crippen LogP contribution in [0.25, 0.3) is 0 Å². The molecule has 1 radical (unpaired) electrons. The van der Waals surface area contributed by atoms with Crippen molar-refractivity contribution < 1.29 is 190 Å². The van der Waals surface area contributed by atoms with Crippen LogP contribution in [-0.2, 0) is 20.1 Å². The van der Waals surface area contributed by atoms with Crippen molar-refractivity contribution in [2.24, 2.45) is 0 Å². The summed E-state index contributed by atoms with van der Waals surface area (Å²) in [7, 11) is 0. The SMILES string of the molecule is [Cl-].[Cl-].[Cl-].[Cl-].[Cl-].[Ir].[K+].[K+].[OH-]. The van der Waals surface area contributed by atoms with Crippen LogP contribution in [0.2, 0.25) is 0 Å². The van der Waals surface area contributed by atoms with E-state index in [1.54, 1.807) is 0 Å². The minimum absolute atomic E-state index is 0. The van der Waals surface area contributed by atoms with Gasteiger partial charge >= 0.3 is 103 Å². The van der Waals surface area contributed by atoms with Crippen LogP contribution >= 0.6 is 0 Å². The maximum absolute atomic E-state index is 0. The Balaban J connectivity index is 0. The van der Waals surface area contributed by atoms with Gasteiger partial charge in [-0.25, -0.2) is 0 Å². The summed E-state index contributed by atoms with van der Waals surface area (Å²) in [4.78, 5) is 0. The zero-order valence-corrected chi connectivity index (χ0v) is 17.1. The van der Waals surface area contributed by atoms with Crippen molar-refractivity contribution >= 4 is 0 Å². The molecule has 0 spiro atoms. The molecule has 1 nitrogen and oxygen atoms in total. The summed E-state index contributed by atoms with van der Waals surface area (Å²) < 4.78 is 0. The molecule has 0 aliphatic rings. The van der Waals surface area contributed by atoms with Crippen LogP contribution in [0.3, 0.4) is 0 Å². The van der Waals surface area contributed by atoms with Gasteiger partial charge in [-0.15, -0.1) is 0 Å². The van der Waals surface area contributed by atoms with Gasteiger partial charge in [0.1, 0.15) is 0 Å². The smallest absolute Gasteiger partial charge is 1.00 e. The Morgan fingerprint density at radius 3 is 0.444 bits per heavy atom. The number of halogens is 5. The molecule has 0 aliphatic carbocycles. The number of rotatable bonds is 0. The second kappa shape index (κ2) is 71.3. The normalized spacial score (nSPS) is 0. The van der Waals surface area contributed by atoms with Crippen molar-refractivity contribution in [3.8, 4) is 0 Å². The molecule has 1 N–H and O–H groups in total. The first-order chi connectivity index (χ1) is 0. The predicted molar refractivity (Wildman–Crippen MR) is 1.94 cm³/mol. The monoisotopic (exact) mass is 463 g/mol. The summed E-state index contributed by atoms with van der Waals surface area (Å²) in [5.74, 6) is 0. The molecule has 0 aromatic heterocycles. The summed E-state index contributed by atoms with van der Waals surface area (Å²) in [6.07, 6.45) is 0. The first-order valence-electron chi connectivity index (χ1n) is 0. The quantitative estimate of drug-likeness (QED) is 0.328. The Kier molecular flexibility index (Phi) is 710. The molecule has 0 aromatic carbocycles. The zero-order chi connectivity index (χ0) is 0. The summed E-state index contributed by atoms with van der Waals surface area (Å²) >= 11 is 0. The van der Waals surface area contributed by atoms with Crippen LogP contribution in [0, 0.1) is 0 Å². The van der Waals surface area contributed by atoms with E-state index in [-0.39, 0.29) is 190 Å². The molecular formula is HCl5IrK2O-4. The van der Waals surface area contributed by atoms with E-state index in [0.717, 1.165) is 0 Å². The van der Waals surface area contributed by atoms with E-state index in [1.165, 1.54) is 0 Å². The van der Waals surface area contributed by atoms with E-state index in [9.17, 15) is 0 Å². The van der Waals surface area contributed by atoms with Crippen molar-refractivity contribution in [3.63, 3.8) is 0 Å². The van der Waals surface area contributed by atoms with E-state index in [1.807, 2.05) is 0 Å². The molecule has 0 amide bonds. The molecule has 57 valence electrons. The molecule has 0 fully saturated rings. The van der Waals surface area contributed by atoms with Crippen molar-refractivity contribution in [2.75, 3.05) is 0 Å². The van der Waals surface area contributed by atoms with Gasteiger partial charge in [-0.2, -0.15) is 0 Å². The molecule has 0 heterocycles. The molecule has 0 aromatic rings. The molecule has 0 unspecified atom stereocenters. The Morgan fingerprint density at radius 2 is 0.444 bits per heavy atom. The summed E-state index contributed by atoms with van der Waals surface area (Å²) in [6, 6.07) is 0. The first kappa shape index (κ1) is 89.6. The van der Waals surface area contributed by atoms with Crippen molar-refractivity contribution in [1.29, 1.82) is 0 Å². The average molecular weight is 465 g/mol. The van der Waals surface area contributed by atoms with Crippen LogP contribution < -0.4 is 165 Å². The molecule has 0 bridgehead atoms. The standard InChI is InChI=1S/5ClH.Ir.2K.H2O/h5*1H;;;;1H2/q;;;;;;2*+1;/p-6. The van der Waals surface area contributed by atoms with E-state index >= 15 is 0 Å².